The molecule has 1 heterocycles. The van der Waals surface area contributed by atoms with Gasteiger partial charge in [0.15, 0.2) is 0 Å². The van der Waals surface area contributed by atoms with Gasteiger partial charge in [-0.25, -0.2) is 0 Å². The van der Waals surface area contributed by atoms with Crippen molar-refractivity contribution in [1.29, 1.82) is 0 Å². The average Bonchev–Trinajstić information content (AvgIpc) is 3.10. The molecule has 3 aromatic rings. The first-order valence-electron chi connectivity index (χ1n) is 11.2. The van der Waals surface area contributed by atoms with Gasteiger partial charge in [0.05, 0.1) is 30.4 Å². The lowest BCUT2D eigenvalue weighted by molar-refractivity contribution is -0.132. The summed E-state index contributed by atoms with van der Waals surface area (Å²) in [5.41, 5.74) is 3.30. The maximum Gasteiger partial charge on any atom is 0.300 e. The molecule has 1 aliphatic heterocycles. The lowest BCUT2D eigenvalue weighted by Gasteiger charge is -2.28. The maximum atomic E-state index is 13.4. The molecule has 0 aromatic heterocycles. The molecule has 0 spiro atoms. The van der Waals surface area contributed by atoms with E-state index >= 15 is 0 Å². The molecule has 0 aliphatic carbocycles. The van der Waals surface area contributed by atoms with Gasteiger partial charge in [0, 0.05) is 16.8 Å². The Hall–Kier alpha value is -3.77. The van der Waals surface area contributed by atoms with Crippen LogP contribution in [0.3, 0.4) is 0 Å². The second kappa shape index (κ2) is 9.84. The lowest BCUT2D eigenvalue weighted by Crippen LogP contribution is -2.30. The normalized spacial score (nSPS) is 17.1. The highest BCUT2D eigenvalue weighted by atomic mass is 35.5. The van der Waals surface area contributed by atoms with Gasteiger partial charge >= 0.3 is 0 Å². The molecular formula is C28H26ClNO5. The molecule has 7 heteroatoms. The van der Waals surface area contributed by atoms with E-state index in [2.05, 4.69) is 0 Å². The van der Waals surface area contributed by atoms with Crippen molar-refractivity contribution < 1.29 is 24.2 Å². The number of rotatable bonds is 6. The molecule has 1 atom stereocenters. The van der Waals surface area contributed by atoms with Gasteiger partial charge in [-0.1, -0.05) is 47.5 Å². The highest BCUT2D eigenvalue weighted by Crippen LogP contribution is 2.46. The predicted octanol–water partition coefficient (Wildman–Crippen LogP) is 5.99. The van der Waals surface area contributed by atoms with Crippen molar-refractivity contribution in [1.82, 2.24) is 0 Å². The summed E-state index contributed by atoms with van der Waals surface area (Å²) in [7, 11) is 1.52. The van der Waals surface area contributed by atoms with Crippen molar-refractivity contribution in [3.05, 3.63) is 93.5 Å². The molecule has 4 rings (SSSR count). The quantitative estimate of drug-likeness (QED) is 0.260. The number of methoxy groups -OCH3 is 1. The van der Waals surface area contributed by atoms with E-state index in [4.69, 9.17) is 21.1 Å². The van der Waals surface area contributed by atoms with Crippen LogP contribution in [0, 0.1) is 13.8 Å². The summed E-state index contributed by atoms with van der Waals surface area (Å²) in [6.45, 7) is 6.04. The molecule has 1 N–H and O–H groups in total. The van der Waals surface area contributed by atoms with Crippen molar-refractivity contribution in [2.24, 2.45) is 0 Å². The van der Waals surface area contributed by atoms with Gasteiger partial charge in [-0.15, -0.1) is 0 Å². The van der Waals surface area contributed by atoms with Crippen molar-refractivity contribution in [3.63, 3.8) is 0 Å². The number of nitrogens with zero attached hydrogens (tertiary/aromatic N) is 1. The molecule has 35 heavy (non-hydrogen) atoms. The van der Waals surface area contributed by atoms with Gasteiger partial charge in [-0.05, 0) is 56.7 Å². The molecule has 6 nitrogen and oxygen atoms in total. The number of ether oxygens (including phenoxy) is 2. The maximum absolute atomic E-state index is 13.4. The van der Waals surface area contributed by atoms with Crippen molar-refractivity contribution in [2.75, 3.05) is 18.6 Å². The zero-order chi connectivity index (χ0) is 25.3. The predicted molar refractivity (Wildman–Crippen MR) is 136 cm³/mol. The minimum atomic E-state index is -0.904. The van der Waals surface area contributed by atoms with Gasteiger partial charge < -0.3 is 14.6 Å². The monoisotopic (exact) mass is 491 g/mol. The highest BCUT2D eigenvalue weighted by molar-refractivity contribution is 6.51. The summed E-state index contributed by atoms with van der Waals surface area (Å²) in [5.74, 6) is -0.967. The third kappa shape index (κ3) is 4.37. The van der Waals surface area contributed by atoms with Crippen molar-refractivity contribution in [3.8, 4) is 11.5 Å². The molecule has 0 radical (unpaired) electrons. The number of amides is 1. The van der Waals surface area contributed by atoms with Crippen LogP contribution in [0.2, 0.25) is 5.02 Å². The molecule has 1 fully saturated rings. The van der Waals surface area contributed by atoms with Crippen LogP contribution in [0.1, 0.15) is 35.2 Å². The Morgan fingerprint density at radius 3 is 2.46 bits per heavy atom. The molecule has 1 aliphatic rings. The second-order valence-corrected chi connectivity index (χ2v) is 8.69. The van der Waals surface area contributed by atoms with E-state index in [1.165, 1.54) is 12.0 Å². The van der Waals surface area contributed by atoms with Crippen LogP contribution >= 0.6 is 11.6 Å². The number of aliphatic hydroxyl groups excluding tert-OH is 1. The van der Waals surface area contributed by atoms with E-state index in [0.29, 0.717) is 39.9 Å². The van der Waals surface area contributed by atoms with Gasteiger partial charge in [-0.3, -0.25) is 14.5 Å². The Morgan fingerprint density at radius 1 is 1.03 bits per heavy atom. The van der Waals surface area contributed by atoms with E-state index in [1.54, 1.807) is 42.5 Å². The average molecular weight is 492 g/mol. The zero-order valence-electron chi connectivity index (χ0n) is 20.0. The number of para-hydroxylation sites is 1. The Kier molecular flexibility index (Phi) is 6.85. The van der Waals surface area contributed by atoms with Gasteiger partial charge in [0.2, 0.25) is 0 Å². The molecule has 180 valence electrons. The number of Topliss-reactive ketones (excluding diaryl/α,β-unsaturated/α-hetero) is 1. The summed E-state index contributed by atoms with van der Waals surface area (Å²) in [5, 5.41) is 11.8. The van der Waals surface area contributed by atoms with Gasteiger partial charge in [0.25, 0.3) is 11.7 Å². The molecule has 0 saturated carbocycles. The molecular weight excluding hydrogens is 466 g/mol. The SMILES string of the molecule is CCOc1cc(/C(O)=C2\C(=O)C(=O)N(c3ccc(C)cc3C)C2c2ccccc2OC)ccc1Cl. The fourth-order valence-electron chi connectivity index (χ4n) is 4.42. The smallest absolute Gasteiger partial charge is 0.300 e. The van der Waals surface area contributed by atoms with E-state index in [1.807, 2.05) is 39.0 Å². The summed E-state index contributed by atoms with van der Waals surface area (Å²) in [6, 6.07) is 16.6. The third-order valence-corrected chi connectivity index (χ3v) is 6.31. The summed E-state index contributed by atoms with van der Waals surface area (Å²) < 4.78 is 11.1. The number of carbonyl (C=O) groups excluding carboxylic acids is 2. The molecule has 1 unspecified atom stereocenters. The van der Waals surface area contributed by atoms with E-state index in [0.717, 1.165) is 11.1 Å². The van der Waals surface area contributed by atoms with E-state index < -0.39 is 17.7 Å². The second-order valence-electron chi connectivity index (χ2n) is 8.28. The molecule has 1 saturated heterocycles. The third-order valence-electron chi connectivity index (χ3n) is 5.99. The topological polar surface area (TPSA) is 76.1 Å². The standard InChI is InChI=1S/C28H26ClNO5/c1-5-35-23-15-18(11-12-20(23)29)26(31)24-25(19-8-6-7-9-22(19)34-4)30(28(33)27(24)32)21-13-10-16(2)14-17(21)3/h6-15,25,31H,5H2,1-4H3/b26-24+. The van der Waals surface area contributed by atoms with Crippen LogP contribution in [-0.4, -0.2) is 30.5 Å². The Balaban J connectivity index is 1.99. The Morgan fingerprint density at radius 2 is 1.77 bits per heavy atom. The first-order valence-corrected chi connectivity index (χ1v) is 11.6. The minimum Gasteiger partial charge on any atom is -0.507 e. The Bertz CT molecular complexity index is 1350. The summed E-state index contributed by atoms with van der Waals surface area (Å²) >= 11 is 6.22. The van der Waals surface area contributed by atoms with Crippen LogP contribution in [0.4, 0.5) is 5.69 Å². The number of carbonyl (C=O) groups is 2. The van der Waals surface area contributed by atoms with Crippen LogP contribution < -0.4 is 14.4 Å². The van der Waals surface area contributed by atoms with Crippen LogP contribution in [0.25, 0.3) is 5.76 Å². The zero-order valence-corrected chi connectivity index (χ0v) is 20.7. The first-order chi connectivity index (χ1) is 16.8. The summed E-state index contributed by atoms with van der Waals surface area (Å²) in [6.07, 6.45) is 0. The molecule has 3 aromatic carbocycles. The van der Waals surface area contributed by atoms with Gasteiger partial charge in [0.1, 0.15) is 17.3 Å². The van der Waals surface area contributed by atoms with Gasteiger partial charge in [-0.2, -0.15) is 0 Å². The Labute approximate surface area is 209 Å². The minimum absolute atomic E-state index is 0.0377. The van der Waals surface area contributed by atoms with E-state index in [9.17, 15) is 14.7 Å². The number of benzene rings is 3. The fourth-order valence-corrected chi connectivity index (χ4v) is 4.59. The van der Waals surface area contributed by atoms with E-state index in [-0.39, 0.29) is 11.3 Å². The van der Waals surface area contributed by atoms with Crippen LogP contribution in [0.15, 0.2) is 66.2 Å². The highest BCUT2D eigenvalue weighted by Gasteiger charge is 2.48. The lowest BCUT2D eigenvalue weighted by atomic mass is 9.94. The van der Waals surface area contributed by atoms with Crippen LogP contribution in [-0.2, 0) is 9.59 Å². The number of anilines is 1. The number of hydrogen-bond acceptors (Lipinski definition) is 5. The number of ketones is 1. The number of aryl methyl sites for hydroxylation is 2. The fraction of sp³-hybridized carbons (Fsp3) is 0.214. The summed E-state index contributed by atoms with van der Waals surface area (Å²) in [4.78, 5) is 28.3. The number of halogens is 1. The number of hydrogen-bond donors (Lipinski definition) is 1. The first kappa shape index (κ1) is 24.4. The van der Waals surface area contributed by atoms with Crippen LogP contribution in [0.5, 0.6) is 11.5 Å². The molecule has 1 amide bonds. The number of aliphatic hydroxyl groups is 1. The van der Waals surface area contributed by atoms with Crippen molar-refractivity contribution in [2.45, 2.75) is 26.8 Å². The molecule has 0 bridgehead atoms. The largest absolute Gasteiger partial charge is 0.507 e. The van der Waals surface area contributed by atoms with Crippen molar-refractivity contribution >= 4 is 34.7 Å².